The van der Waals surface area contributed by atoms with Crippen LogP contribution < -0.4 is 10.1 Å². The highest BCUT2D eigenvalue weighted by molar-refractivity contribution is 5.20. The average molecular weight is 221 g/mol. The van der Waals surface area contributed by atoms with Gasteiger partial charge in [-0.3, -0.25) is 0 Å². The maximum Gasteiger partial charge on any atom is 0.119 e. The molecule has 0 bridgehead atoms. The molecular weight excluding hydrogens is 198 g/mol. The lowest BCUT2D eigenvalue weighted by atomic mass is 9.95. The molecule has 0 heterocycles. The fraction of sp³-hybridized carbons (Fsp3) is 0.571. The zero-order valence-electron chi connectivity index (χ0n) is 10.6. The van der Waals surface area contributed by atoms with Gasteiger partial charge in [-0.15, -0.1) is 0 Å². The summed E-state index contributed by atoms with van der Waals surface area (Å²) in [4.78, 5) is 0. The van der Waals surface area contributed by atoms with E-state index < -0.39 is 0 Å². The zero-order valence-corrected chi connectivity index (χ0v) is 10.6. The van der Waals surface area contributed by atoms with E-state index in [0.717, 1.165) is 12.4 Å². The number of para-hydroxylation sites is 1. The standard InChI is InChI=1S/C14H23NO/c1-4-12(5-2)14(15-3)11-16-13-9-7-6-8-10-13/h6-10,12,14-15H,4-5,11H2,1-3H3. The molecular formula is C14H23NO. The lowest BCUT2D eigenvalue weighted by Crippen LogP contribution is -2.38. The Morgan fingerprint density at radius 2 is 1.75 bits per heavy atom. The molecule has 0 aromatic heterocycles. The first-order valence-corrected chi connectivity index (χ1v) is 6.16. The molecule has 0 aliphatic heterocycles. The van der Waals surface area contributed by atoms with Crippen LogP contribution in [0.2, 0.25) is 0 Å². The summed E-state index contributed by atoms with van der Waals surface area (Å²) < 4.78 is 5.78. The second-order valence-electron chi connectivity index (χ2n) is 4.10. The lowest BCUT2D eigenvalue weighted by molar-refractivity contribution is 0.216. The minimum atomic E-state index is 0.440. The van der Waals surface area contributed by atoms with Gasteiger partial charge in [-0.05, 0) is 25.1 Å². The van der Waals surface area contributed by atoms with Gasteiger partial charge >= 0.3 is 0 Å². The highest BCUT2D eigenvalue weighted by Gasteiger charge is 2.16. The molecule has 2 nitrogen and oxygen atoms in total. The quantitative estimate of drug-likeness (QED) is 0.764. The first kappa shape index (κ1) is 13.0. The van der Waals surface area contributed by atoms with Gasteiger partial charge in [0.25, 0.3) is 0 Å². The molecule has 0 spiro atoms. The Hall–Kier alpha value is -1.02. The summed E-state index contributed by atoms with van der Waals surface area (Å²) in [5.74, 6) is 1.64. The smallest absolute Gasteiger partial charge is 0.119 e. The Morgan fingerprint density at radius 3 is 2.25 bits per heavy atom. The normalized spacial score (nSPS) is 12.8. The predicted molar refractivity (Wildman–Crippen MR) is 68.9 cm³/mol. The third-order valence-electron chi connectivity index (χ3n) is 3.16. The number of benzene rings is 1. The van der Waals surface area contributed by atoms with Gasteiger partial charge in [0.1, 0.15) is 12.4 Å². The highest BCUT2D eigenvalue weighted by atomic mass is 16.5. The van der Waals surface area contributed by atoms with Crippen LogP contribution in [-0.4, -0.2) is 19.7 Å². The van der Waals surface area contributed by atoms with Crippen LogP contribution in [-0.2, 0) is 0 Å². The number of likely N-dealkylation sites (N-methyl/N-ethyl adjacent to an activating group) is 1. The van der Waals surface area contributed by atoms with E-state index in [1.54, 1.807) is 0 Å². The van der Waals surface area contributed by atoms with Crippen molar-refractivity contribution in [2.45, 2.75) is 32.7 Å². The number of rotatable bonds is 7. The van der Waals surface area contributed by atoms with Crippen LogP contribution in [0.25, 0.3) is 0 Å². The van der Waals surface area contributed by atoms with Crippen molar-refractivity contribution in [3.63, 3.8) is 0 Å². The summed E-state index contributed by atoms with van der Waals surface area (Å²) in [5, 5.41) is 3.35. The van der Waals surface area contributed by atoms with Gasteiger partial charge in [0.05, 0.1) is 0 Å². The van der Waals surface area contributed by atoms with E-state index in [2.05, 4.69) is 19.2 Å². The van der Waals surface area contributed by atoms with Crippen molar-refractivity contribution in [1.29, 1.82) is 0 Å². The Bertz CT molecular complexity index is 269. The molecule has 1 rings (SSSR count). The van der Waals surface area contributed by atoms with Crippen LogP contribution >= 0.6 is 0 Å². The van der Waals surface area contributed by atoms with E-state index in [1.807, 2.05) is 37.4 Å². The largest absolute Gasteiger partial charge is 0.492 e. The van der Waals surface area contributed by atoms with Crippen molar-refractivity contribution in [2.75, 3.05) is 13.7 Å². The van der Waals surface area contributed by atoms with Crippen molar-refractivity contribution < 1.29 is 4.74 Å². The SMILES string of the molecule is CCC(CC)C(COc1ccccc1)NC. The summed E-state index contributed by atoms with van der Waals surface area (Å²) in [7, 11) is 2.01. The summed E-state index contributed by atoms with van der Waals surface area (Å²) in [6.45, 7) is 5.22. The van der Waals surface area contributed by atoms with Gasteiger partial charge in [0.15, 0.2) is 0 Å². The predicted octanol–water partition coefficient (Wildman–Crippen LogP) is 3.09. The molecule has 90 valence electrons. The average Bonchev–Trinajstić information content (AvgIpc) is 2.35. The highest BCUT2D eigenvalue weighted by Crippen LogP contribution is 2.15. The molecule has 1 N–H and O–H groups in total. The van der Waals surface area contributed by atoms with E-state index in [4.69, 9.17) is 4.74 Å². The number of hydrogen-bond donors (Lipinski definition) is 1. The van der Waals surface area contributed by atoms with E-state index in [0.29, 0.717) is 12.0 Å². The molecule has 0 saturated heterocycles. The van der Waals surface area contributed by atoms with Crippen LogP contribution in [0, 0.1) is 5.92 Å². The second kappa shape index (κ2) is 7.29. The number of nitrogens with one attached hydrogen (secondary N) is 1. The molecule has 0 amide bonds. The second-order valence-corrected chi connectivity index (χ2v) is 4.10. The van der Waals surface area contributed by atoms with Crippen molar-refractivity contribution in [2.24, 2.45) is 5.92 Å². The van der Waals surface area contributed by atoms with E-state index in [-0.39, 0.29) is 0 Å². The molecule has 0 saturated carbocycles. The number of hydrogen-bond acceptors (Lipinski definition) is 2. The van der Waals surface area contributed by atoms with Crippen molar-refractivity contribution in [1.82, 2.24) is 5.32 Å². The molecule has 1 atom stereocenters. The molecule has 0 aliphatic rings. The van der Waals surface area contributed by atoms with Crippen molar-refractivity contribution in [3.05, 3.63) is 30.3 Å². The maximum atomic E-state index is 5.78. The summed E-state index contributed by atoms with van der Waals surface area (Å²) in [6, 6.07) is 10.4. The zero-order chi connectivity index (χ0) is 11.8. The van der Waals surface area contributed by atoms with E-state index in [1.165, 1.54) is 12.8 Å². The fourth-order valence-corrected chi connectivity index (χ4v) is 2.02. The topological polar surface area (TPSA) is 21.3 Å². The molecule has 0 radical (unpaired) electrons. The molecule has 1 aromatic carbocycles. The van der Waals surface area contributed by atoms with Crippen LogP contribution in [0.1, 0.15) is 26.7 Å². The number of ether oxygens (including phenoxy) is 1. The van der Waals surface area contributed by atoms with Gasteiger partial charge in [0.2, 0.25) is 0 Å². The third-order valence-corrected chi connectivity index (χ3v) is 3.16. The van der Waals surface area contributed by atoms with Crippen LogP contribution in [0.3, 0.4) is 0 Å². The van der Waals surface area contributed by atoms with Gasteiger partial charge in [-0.25, -0.2) is 0 Å². The monoisotopic (exact) mass is 221 g/mol. The third kappa shape index (κ3) is 3.86. The maximum absolute atomic E-state index is 5.78. The molecule has 0 aliphatic carbocycles. The minimum Gasteiger partial charge on any atom is -0.492 e. The Kier molecular flexibility index (Phi) is 5.94. The first-order chi connectivity index (χ1) is 7.81. The van der Waals surface area contributed by atoms with Gasteiger partial charge in [-0.2, -0.15) is 0 Å². The van der Waals surface area contributed by atoms with Crippen molar-refractivity contribution in [3.8, 4) is 5.75 Å². The van der Waals surface area contributed by atoms with Crippen LogP contribution in [0.5, 0.6) is 5.75 Å². The van der Waals surface area contributed by atoms with Crippen LogP contribution in [0.15, 0.2) is 30.3 Å². The minimum absolute atomic E-state index is 0.440. The van der Waals surface area contributed by atoms with Crippen molar-refractivity contribution >= 4 is 0 Å². The Labute approximate surface area is 99.0 Å². The van der Waals surface area contributed by atoms with Gasteiger partial charge in [-0.1, -0.05) is 44.9 Å². The summed E-state index contributed by atoms with van der Waals surface area (Å²) >= 11 is 0. The van der Waals surface area contributed by atoms with E-state index in [9.17, 15) is 0 Å². The molecule has 0 fully saturated rings. The van der Waals surface area contributed by atoms with Gasteiger partial charge in [0, 0.05) is 6.04 Å². The first-order valence-electron chi connectivity index (χ1n) is 6.16. The summed E-state index contributed by atoms with van der Waals surface area (Å²) in [6.07, 6.45) is 2.39. The van der Waals surface area contributed by atoms with E-state index >= 15 is 0 Å². The van der Waals surface area contributed by atoms with Gasteiger partial charge < -0.3 is 10.1 Å². The molecule has 1 aromatic rings. The Morgan fingerprint density at radius 1 is 1.12 bits per heavy atom. The molecule has 2 heteroatoms. The lowest BCUT2D eigenvalue weighted by Gasteiger charge is -2.24. The Balaban J connectivity index is 2.45. The fourth-order valence-electron chi connectivity index (χ4n) is 2.02. The molecule has 1 unspecified atom stereocenters. The van der Waals surface area contributed by atoms with Crippen LogP contribution in [0.4, 0.5) is 0 Å². The summed E-state index contributed by atoms with van der Waals surface area (Å²) in [5.41, 5.74) is 0. The molecule has 16 heavy (non-hydrogen) atoms.